The fraction of sp³-hybridized carbons (Fsp3) is 0.0455. The van der Waals surface area contributed by atoms with Crippen molar-refractivity contribution in [2.24, 2.45) is 0 Å². The molecule has 1 heterocycles. The Morgan fingerprint density at radius 1 is 0.786 bits per heavy atom. The van der Waals surface area contributed by atoms with Crippen molar-refractivity contribution in [2.45, 2.75) is 6.92 Å². The van der Waals surface area contributed by atoms with Crippen molar-refractivity contribution in [3.63, 3.8) is 0 Å². The van der Waals surface area contributed by atoms with Gasteiger partial charge in [0.05, 0.1) is 5.39 Å². The molecule has 0 aliphatic rings. The molecule has 0 spiro atoms. The van der Waals surface area contributed by atoms with Gasteiger partial charge in [0, 0.05) is 6.07 Å². The monoisotopic (exact) mass is 380 g/mol. The molecule has 1 aromatic heterocycles. The summed E-state index contributed by atoms with van der Waals surface area (Å²) in [6.45, 7) is 1.63. The standard InChI is InChI=1S/C22H14F2O4/c1-11-6-20(27)22-15(13-3-5-19(26)17(24)9-13)7-14(10-21(22)28-11)12-2-4-18(25)16(23)8-12/h2-10,25-26H,1H3. The van der Waals surface area contributed by atoms with Crippen LogP contribution in [0.2, 0.25) is 0 Å². The number of hydrogen-bond donors (Lipinski definition) is 2. The predicted molar refractivity (Wildman–Crippen MR) is 101 cm³/mol. The molecular weight excluding hydrogens is 366 g/mol. The van der Waals surface area contributed by atoms with Crippen molar-refractivity contribution in [3.8, 4) is 33.8 Å². The highest BCUT2D eigenvalue weighted by atomic mass is 19.1. The van der Waals surface area contributed by atoms with Gasteiger partial charge in [-0.3, -0.25) is 4.79 Å². The fourth-order valence-electron chi connectivity index (χ4n) is 3.17. The van der Waals surface area contributed by atoms with E-state index in [1.807, 2.05) is 0 Å². The maximum atomic E-state index is 13.9. The Kier molecular flexibility index (Phi) is 4.11. The van der Waals surface area contributed by atoms with Crippen LogP contribution in [0.1, 0.15) is 5.76 Å². The number of hydrogen-bond acceptors (Lipinski definition) is 4. The molecule has 2 N–H and O–H groups in total. The van der Waals surface area contributed by atoms with E-state index in [-0.39, 0.29) is 16.4 Å². The topological polar surface area (TPSA) is 70.7 Å². The normalized spacial score (nSPS) is 11.1. The van der Waals surface area contributed by atoms with Crippen LogP contribution in [0, 0.1) is 18.6 Å². The van der Waals surface area contributed by atoms with Crippen LogP contribution in [0.5, 0.6) is 11.5 Å². The van der Waals surface area contributed by atoms with Crippen LogP contribution >= 0.6 is 0 Å². The third-order valence-corrected chi connectivity index (χ3v) is 4.49. The van der Waals surface area contributed by atoms with E-state index < -0.39 is 23.1 Å². The summed E-state index contributed by atoms with van der Waals surface area (Å²) in [5, 5.41) is 19.1. The Morgan fingerprint density at radius 2 is 1.39 bits per heavy atom. The number of benzene rings is 3. The Morgan fingerprint density at radius 3 is 2.04 bits per heavy atom. The van der Waals surface area contributed by atoms with E-state index in [0.29, 0.717) is 28.0 Å². The zero-order valence-corrected chi connectivity index (χ0v) is 14.7. The molecule has 4 aromatic rings. The van der Waals surface area contributed by atoms with Crippen molar-refractivity contribution in [3.05, 3.63) is 82.2 Å². The van der Waals surface area contributed by atoms with Crippen LogP contribution in [-0.2, 0) is 0 Å². The van der Waals surface area contributed by atoms with Gasteiger partial charge in [0.2, 0.25) is 0 Å². The van der Waals surface area contributed by atoms with Crippen LogP contribution < -0.4 is 5.43 Å². The highest BCUT2D eigenvalue weighted by molar-refractivity contribution is 5.97. The Bertz CT molecular complexity index is 1290. The van der Waals surface area contributed by atoms with E-state index >= 15 is 0 Å². The second-order valence-corrected chi connectivity index (χ2v) is 6.45. The van der Waals surface area contributed by atoms with E-state index in [1.54, 1.807) is 19.1 Å². The van der Waals surface area contributed by atoms with Crippen molar-refractivity contribution in [1.82, 2.24) is 0 Å². The molecular formula is C22H14F2O4. The quantitative estimate of drug-likeness (QED) is 0.506. The van der Waals surface area contributed by atoms with Crippen LogP contribution in [0.25, 0.3) is 33.2 Å². The van der Waals surface area contributed by atoms with Crippen LogP contribution in [0.4, 0.5) is 8.78 Å². The second kappa shape index (κ2) is 6.49. The maximum Gasteiger partial charge on any atom is 0.193 e. The first-order chi connectivity index (χ1) is 13.3. The number of aryl methyl sites for hydroxylation is 1. The van der Waals surface area contributed by atoms with Crippen molar-refractivity contribution in [1.29, 1.82) is 0 Å². The number of rotatable bonds is 2. The Labute approximate surface area is 157 Å². The lowest BCUT2D eigenvalue weighted by atomic mass is 9.95. The summed E-state index contributed by atoms with van der Waals surface area (Å²) in [7, 11) is 0. The molecule has 4 nitrogen and oxygen atoms in total. The molecule has 0 radical (unpaired) electrons. The average molecular weight is 380 g/mol. The van der Waals surface area contributed by atoms with Crippen LogP contribution in [0.15, 0.2) is 63.8 Å². The zero-order valence-electron chi connectivity index (χ0n) is 14.7. The van der Waals surface area contributed by atoms with Gasteiger partial charge in [-0.25, -0.2) is 8.78 Å². The molecule has 140 valence electrons. The van der Waals surface area contributed by atoms with Crippen molar-refractivity contribution >= 4 is 11.0 Å². The first kappa shape index (κ1) is 17.7. The van der Waals surface area contributed by atoms with E-state index in [0.717, 1.165) is 12.1 Å². The summed E-state index contributed by atoms with van der Waals surface area (Å²) in [5.41, 5.74) is 1.67. The molecule has 0 saturated carbocycles. The first-order valence-electron chi connectivity index (χ1n) is 8.40. The minimum atomic E-state index is -0.830. The summed E-state index contributed by atoms with van der Waals surface area (Å²) >= 11 is 0. The third kappa shape index (κ3) is 2.99. The highest BCUT2D eigenvalue weighted by Crippen LogP contribution is 2.35. The van der Waals surface area contributed by atoms with Gasteiger partial charge in [-0.2, -0.15) is 0 Å². The molecule has 3 aromatic carbocycles. The molecule has 0 bridgehead atoms. The second-order valence-electron chi connectivity index (χ2n) is 6.45. The minimum absolute atomic E-state index is 0.249. The molecule has 28 heavy (non-hydrogen) atoms. The van der Waals surface area contributed by atoms with Gasteiger partial charge < -0.3 is 14.6 Å². The van der Waals surface area contributed by atoms with Gasteiger partial charge in [0.25, 0.3) is 0 Å². The van der Waals surface area contributed by atoms with Gasteiger partial charge in [-0.15, -0.1) is 0 Å². The molecule has 0 saturated heterocycles. The molecule has 0 aliphatic carbocycles. The number of halogens is 2. The van der Waals surface area contributed by atoms with Crippen LogP contribution in [0.3, 0.4) is 0 Å². The molecule has 0 unspecified atom stereocenters. The molecule has 0 fully saturated rings. The van der Waals surface area contributed by atoms with Gasteiger partial charge in [0.15, 0.2) is 28.6 Å². The van der Waals surface area contributed by atoms with Crippen LogP contribution in [-0.4, -0.2) is 10.2 Å². The van der Waals surface area contributed by atoms with Gasteiger partial charge in [-0.1, -0.05) is 12.1 Å². The molecule has 0 aliphatic heterocycles. The Balaban J connectivity index is 2.07. The van der Waals surface area contributed by atoms with Gasteiger partial charge in [-0.05, 0) is 65.6 Å². The van der Waals surface area contributed by atoms with E-state index in [4.69, 9.17) is 4.42 Å². The smallest absolute Gasteiger partial charge is 0.193 e. The lowest BCUT2D eigenvalue weighted by molar-refractivity contribution is 0.432. The maximum absolute atomic E-state index is 13.9. The molecule has 4 rings (SSSR count). The lowest BCUT2D eigenvalue weighted by Gasteiger charge is -2.11. The number of phenols is 2. The lowest BCUT2D eigenvalue weighted by Crippen LogP contribution is -2.03. The zero-order chi connectivity index (χ0) is 20.0. The summed E-state index contributed by atoms with van der Waals surface area (Å²) in [6, 6.07) is 12.2. The number of aromatic hydroxyl groups is 2. The summed E-state index contributed by atoms with van der Waals surface area (Å²) in [6.07, 6.45) is 0. The van der Waals surface area contributed by atoms with E-state index in [2.05, 4.69) is 0 Å². The van der Waals surface area contributed by atoms with Crippen molar-refractivity contribution in [2.75, 3.05) is 0 Å². The molecule has 6 heteroatoms. The third-order valence-electron chi connectivity index (χ3n) is 4.49. The Hall–Kier alpha value is -3.67. The summed E-state index contributed by atoms with van der Waals surface area (Å²) in [4.78, 5) is 12.6. The first-order valence-corrected chi connectivity index (χ1v) is 8.40. The van der Waals surface area contributed by atoms with Gasteiger partial charge >= 0.3 is 0 Å². The molecule has 0 atom stereocenters. The molecule has 0 amide bonds. The average Bonchev–Trinajstić information content (AvgIpc) is 2.65. The van der Waals surface area contributed by atoms with Crippen molar-refractivity contribution < 1.29 is 23.4 Å². The number of fused-ring (bicyclic) bond motifs is 1. The largest absolute Gasteiger partial charge is 0.505 e. The SMILES string of the molecule is Cc1cc(=O)c2c(-c3ccc(O)c(F)c3)cc(-c3ccc(O)c(F)c3)cc2o1. The highest BCUT2D eigenvalue weighted by Gasteiger charge is 2.15. The predicted octanol–water partition coefficient (Wildman–Crippen LogP) is 5.12. The summed E-state index contributed by atoms with van der Waals surface area (Å²) < 4.78 is 33.4. The van der Waals surface area contributed by atoms with E-state index in [9.17, 15) is 23.8 Å². The minimum Gasteiger partial charge on any atom is -0.505 e. The summed E-state index contributed by atoms with van der Waals surface area (Å²) in [5.74, 6) is -2.21. The van der Waals surface area contributed by atoms with E-state index in [1.165, 1.54) is 30.3 Å². The number of phenolic OH excluding ortho intramolecular Hbond substituents is 2. The fourth-order valence-corrected chi connectivity index (χ4v) is 3.17. The van der Waals surface area contributed by atoms with Gasteiger partial charge in [0.1, 0.15) is 11.3 Å².